The van der Waals surface area contributed by atoms with Crippen molar-refractivity contribution in [2.24, 2.45) is 17.8 Å². The Morgan fingerprint density at radius 2 is 1.77 bits per heavy atom. The third-order valence-corrected chi connectivity index (χ3v) is 10.7. The Balaban J connectivity index is 1.41. The maximum absolute atomic E-state index is 14.9. The van der Waals surface area contributed by atoms with E-state index in [0.717, 1.165) is 11.1 Å². The fourth-order valence-electron chi connectivity index (χ4n) is 7.74. The number of rotatable bonds is 13. The van der Waals surface area contributed by atoms with Crippen molar-refractivity contribution in [3.8, 4) is 0 Å². The van der Waals surface area contributed by atoms with Gasteiger partial charge in [0.15, 0.2) is 0 Å². The lowest BCUT2D eigenvalue weighted by atomic mass is 9.70. The minimum atomic E-state index is -1.29. The maximum atomic E-state index is 14.9. The highest BCUT2D eigenvalue weighted by Crippen LogP contribution is 2.61. The van der Waals surface area contributed by atoms with Gasteiger partial charge in [-0.25, -0.2) is 4.68 Å². The van der Waals surface area contributed by atoms with Crippen LogP contribution in [0.3, 0.4) is 0 Å². The van der Waals surface area contributed by atoms with Crippen LogP contribution < -0.4 is 0 Å². The number of carbonyl (C=O) groups is 3. The molecule has 3 unspecified atom stereocenters. The highest BCUT2D eigenvalue weighted by Gasteiger charge is 2.77. The van der Waals surface area contributed by atoms with Crippen LogP contribution in [0.1, 0.15) is 25.8 Å². The van der Waals surface area contributed by atoms with Gasteiger partial charge in [0.2, 0.25) is 17.7 Å². The van der Waals surface area contributed by atoms with Crippen molar-refractivity contribution in [3.63, 3.8) is 0 Å². The number of hydrogen-bond acceptors (Lipinski definition) is 7. The van der Waals surface area contributed by atoms with Gasteiger partial charge < -0.3 is 24.5 Å². The molecule has 12 heteroatoms. The Morgan fingerprint density at radius 1 is 1.09 bits per heavy atom. The molecule has 3 aromatic rings. The molecule has 3 aliphatic heterocycles. The van der Waals surface area contributed by atoms with E-state index in [-0.39, 0.29) is 54.8 Å². The Morgan fingerprint density at radius 3 is 2.45 bits per heavy atom. The summed E-state index contributed by atoms with van der Waals surface area (Å²) in [6.07, 6.45) is 3.04. The van der Waals surface area contributed by atoms with Gasteiger partial charge in [0.1, 0.15) is 23.8 Å². The van der Waals surface area contributed by atoms with Crippen molar-refractivity contribution in [1.29, 1.82) is 0 Å². The number of amides is 3. The molecule has 248 valence electrons. The summed E-state index contributed by atoms with van der Waals surface area (Å²) in [5, 5.41) is 19.2. The number of benzene rings is 2. The molecule has 3 saturated heterocycles. The number of hydrogen-bond donors (Lipinski definition) is 1. The summed E-state index contributed by atoms with van der Waals surface area (Å²) in [4.78, 5) is 48.7. The number of ether oxygens (including phenoxy) is 1. The predicted octanol–water partition coefficient (Wildman–Crippen LogP) is 3.38. The summed E-state index contributed by atoms with van der Waals surface area (Å²) >= 11 is 3.77. The molecule has 4 heterocycles. The molecule has 1 spiro atoms. The second kappa shape index (κ2) is 13.3. The van der Waals surface area contributed by atoms with Crippen LogP contribution >= 0.6 is 15.9 Å². The number of aliphatic hydroxyl groups excluding tert-OH is 1. The predicted molar refractivity (Wildman–Crippen MR) is 180 cm³/mol. The normalized spacial score (nSPS) is 26.9. The lowest BCUT2D eigenvalue weighted by Crippen LogP contribution is -2.60. The standard InChI is InChI=1S/C35H41BrN6O5/c1-5-16-39(19-23-12-8-7-9-13-23)32(44)28-29-33(45)42(27(20-43)22(3)4)31(35(29)18-24(36)30(28)47-35)34(46)40(17-6-2)21-41-26-15-11-10-14-25(26)37-38-41/h5-15,22,24,27-31,43H,1-2,16-21H2,3-4H3/t24?,27-,28-,29-,30-,31?,35?/m0/s1. The highest BCUT2D eigenvalue weighted by molar-refractivity contribution is 9.09. The molecule has 1 aromatic heterocycles. The number of aromatic nitrogens is 3. The minimum Gasteiger partial charge on any atom is -0.394 e. The van der Waals surface area contributed by atoms with Gasteiger partial charge >= 0.3 is 0 Å². The molecule has 0 saturated carbocycles. The molecule has 3 amide bonds. The summed E-state index contributed by atoms with van der Waals surface area (Å²) in [5.74, 6) is -2.85. The van der Waals surface area contributed by atoms with E-state index >= 15 is 0 Å². The molecule has 0 radical (unpaired) electrons. The first-order valence-corrected chi connectivity index (χ1v) is 16.9. The van der Waals surface area contributed by atoms with Crippen LogP contribution in [0.2, 0.25) is 0 Å². The van der Waals surface area contributed by atoms with E-state index in [1.54, 1.807) is 26.6 Å². The van der Waals surface area contributed by atoms with E-state index in [1.165, 1.54) is 4.90 Å². The quantitative estimate of drug-likeness (QED) is 0.214. The molecule has 2 bridgehead atoms. The minimum absolute atomic E-state index is 0.0594. The maximum Gasteiger partial charge on any atom is 0.250 e. The van der Waals surface area contributed by atoms with Crippen LogP contribution in [-0.2, 0) is 32.3 Å². The fraction of sp³-hybridized carbons (Fsp3) is 0.457. The monoisotopic (exact) mass is 704 g/mol. The smallest absolute Gasteiger partial charge is 0.250 e. The SMILES string of the molecule is C=CCN(Cn1nnc2ccccc21)C(=O)C1N([C@@H](CO)C(C)C)C(=O)[C@@H]2[C@H](C(=O)N(CC=C)Cc3ccccc3)[C@H]3OC12CC3Br. The Labute approximate surface area is 283 Å². The Bertz CT molecular complexity index is 1660. The molecular weight excluding hydrogens is 664 g/mol. The summed E-state index contributed by atoms with van der Waals surface area (Å²) in [6, 6.07) is 15.4. The van der Waals surface area contributed by atoms with E-state index in [2.05, 4.69) is 39.4 Å². The summed E-state index contributed by atoms with van der Waals surface area (Å²) in [5.41, 5.74) is 1.11. The van der Waals surface area contributed by atoms with Crippen molar-refractivity contribution in [1.82, 2.24) is 29.7 Å². The lowest BCUT2D eigenvalue weighted by Gasteiger charge is -2.40. The van der Waals surface area contributed by atoms with Crippen LogP contribution in [0.15, 0.2) is 79.9 Å². The van der Waals surface area contributed by atoms with E-state index in [1.807, 2.05) is 68.4 Å². The number of aliphatic hydroxyl groups is 1. The third kappa shape index (κ3) is 5.59. The van der Waals surface area contributed by atoms with Crippen molar-refractivity contribution < 1.29 is 24.2 Å². The molecule has 7 atom stereocenters. The molecule has 3 aliphatic rings. The number of nitrogens with zero attached hydrogens (tertiary/aromatic N) is 6. The Kier molecular flexibility index (Phi) is 9.37. The van der Waals surface area contributed by atoms with Gasteiger partial charge in [-0.05, 0) is 30.0 Å². The third-order valence-electron chi connectivity index (χ3n) is 9.82. The first-order chi connectivity index (χ1) is 22.7. The van der Waals surface area contributed by atoms with Crippen LogP contribution in [-0.4, -0.2) is 101 Å². The average molecular weight is 706 g/mol. The summed E-state index contributed by atoms with van der Waals surface area (Å²) in [6.45, 7) is 12.1. The average Bonchev–Trinajstić information content (AvgIpc) is 3.78. The zero-order chi connectivity index (χ0) is 33.5. The number of likely N-dealkylation sites (tertiary alicyclic amines) is 1. The van der Waals surface area contributed by atoms with Gasteiger partial charge in [-0.2, -0.15) is 0 Å². The molecule has 6 rings (SSSR count). The van der Waals surface area contributed by atoms with Gasteiger partial charge in [-0.15, -0.1) is 18.3 Å². The fourth-order valence-corrected chi connectivity index (χ4v) is 8.68. The van der Waals surface area contributed by atoms with Crippen LogP contribution in [0.5, 0.6) is 0 Å². The second-order valence-corrected chi connectivity index (χ2v) is 14.1. The van der Waals surface area contributed by atoms with Crippen molar-refractivity contribution in [3.05, 3.63) is 85.5 Å². The number of para-hydroxylation sites is 1. The van der Waals surface area contributed by atoms with Gasteiger partial charge in [-0.3, -0.25) is 14.4 Å². The van der Waals surface area contributed by atoms with Gasteiger partial charge in [0, 0.05) is 24.5 Å². The summed E-state index contributed by atoms with van der Waals surface area (Å²) < 4.78 is 8.42. The van der Waals surface area contributed by atoms with E-state index in [9.17, 15) is 19.5 Å². The van der Waals surface area contributed by atoms with E-state index in [0.29, 0.717) is 18.5 Å². The number of carbonyl (C=O) groups excluding carboxylic acids is 3. The van der Waals surface area contributed by atoms with Gasteiger partial charge in [-0.1, -0.05) is 89.6 Å². The molecule has 1 N–H and O–H groups in total. The largest absolute Gasteiger partial charge is 0.394 e. The van der Waals surface area contributed by atoms with Crippen molar-refractivity contribution in [2.75, 3.05) is 19.7 Å². The molecule has 2 aromatic carbocycles. The molecular formula is C35H41BrN6O5. The molecule has 47 heavy (non-hydrogen) atoms. The van der Waals surface area contributed by atoms with E-state index in [4.69, 9.17) is 4.74 Å². The van der Waals surface area contributed by atoms with Gasteiger partial charge in [0.25, 0.3) is 0 Å². The van der Waals surface area contributed by atoms with Crippen molar-refractivity contribution >= 4 is 44.7 Å². The van der Waals surface area contributed by atoms with Crippen LogP contribution in [0, 0.1) is 17.8 Å². The highest BCUT2D eigenvalue weighted by atomic mass is 79.9. The molecule has 0 aliphatic carbocycles. The second-order valence-electron chi connectivity index (χ2n) is 13.0. The topological polar surface area (TPSA) is 121 Å². The number of fused-ring (bicyclic) bond motifs is 2. The van der Waals surface area contributed by atoms with Crippen molar-refractivity contribution in [2.45, 2.75) is 62.1 Å². The first kappa shape index (κ1) is 33.0. The van der Waals surface area contributed by atoms with E-state index < -0.39 is 35.6 Å². The molecule has 3 fully saturated rings. The lowest BCUT2D eigenvalue weighted by molar-refractivity contribution is -0.154. The van der Waals surface area contributed by atoms with Crippen LogP contribution in [0.25, 0.3) is 11.0 Å². The Hall–Kier alpha value is -3.87. The number of halogens is 1. The van der Waals surface area contributed by atoms with Gasteiger partial charge in [0.05, 0.1) is 36.1 Å². The zero-order valence-electron chi connectivity index (χ0n) is 26.7. The zero-order valence-corrected chi connectivity index (χ0v) is 28.3. The molecule has 11 nitrogen and oxygen atoms in total. The van der Waals surface area contributed by atoms with Crippen LogP contribution in [0.4, 0.5) is 0 Å². The summed E-state index contributed by atoms with van der Waals surface area (Å²) in [7, 11) is 0. The number of alkyl halides is 1. The first-order valence-electron chi connectivity index (χ1n) is 16.0.